The zero-order valence-corrected chi connectivity index (χ0v) is 18.8. The Hall–Kier alpha value is -2.49. The van der Waals surface area contributed by atoms with E-state index in [2.05, 4.69) is 64.2 Å². The summed E-state index contributed by atoms with van der Waals surface area (Å²) in [6, 6.07) is 14.2. The van der Waals surface area contributed by atoms with Crippen LogP contribution in [0.3, 0.4) is 0 Å². The molecule has 2 aromatic rings. The second-order valence-corrected chi connectivity index (χ2v) is 8.87. The van der Waals surface area contributed by atoms with E-state index in [1.54, 1.807) is 6.92 Å². The van der Waals surface area contributed by atoms with Crippen LogP contribution in [-0.2, 0) is 10.2 Å². The summed E-state index contributed by atoms with van der Waals surface area (Å²) in [4.78, 5) is 12.4. The highest BCUT2D eigenvalue weighted by Crippen LogP contribution is 2.28. The molecule has 0 unspecified atom stereocenters. The molecule has 158 valence electrons. The van der Waals surface area contributed by atoms with Gasteiger partial charge in [0.1, 0.15) is 18.1 Å². The topological polar surface area (TPSA) is 47.6 Å². The third-order valence-corrected chi connectivity index (χ3v) is 4.85. The Morgan fingerprint density at radius 3 is 2.28 bits per heavy atom. The van der Waals surface area contributed by atoms with Gasteiger partial charge in [-0.1, -0.05) is 58.9 Å². The minimum absolute atomic E-state index is 0.120. The molecule has 0 aliphatic heterocycles. The van der Waals surface area contributed by atoms with Crippen LogP contribution in [0, 0.1) is 6.92 Å². The van der Waals surface area contributed by atoms with Crippen LogP contribution in [0.4, 0.5) is 0 Å². The van der Waals surface area contributed by atoms with Gasteiger partial charge in [0.25, 0.3) is 5.91 Å². The maximum atomic E-state index is 12.4. The largest absolute Gasteiger partial charge is 0.492 e. The Balaban J connectivity index is 1.81. The smallest absolute Gasteiger partial charge is 0.260 e. The number of carbonyl (C=O) groups is 1. The summed E-state index contributed by atoms with van der Waals surface area (Å²) >= 11 is 0. The fourth-order valence-corrected chi connectivity index (χ4v) is 3.00. The van der Waals surface area contributed by atoms with E-state index >= 15 is 0 Å². The van der Waals surface area contributed by atoms with Gasteiger partial charge >= 0.3 is 0 Å². The molecule has 4 heteroatoms. The monoisotopic (exact) mass is 397 g/mol. The van der Waals surface area contributed by atoms with Crippen molar-refractivity contribution in [2.75, 3.05) is 13.2 Å². The molecular weight excluding hydrogens is 362 g/mol. The maximum absolute atomic E-state index is 12.4. The second-order valence-electron chi connectivity index (χ2n) is 8.87. The summed E-state index contributed by atoms with van der Waals surface area (Å²) in [7, 11) is 0. The van der Waals surface area contributed by atoms with E-state index < -0.39 is 6.10 Å². The molecule has 0 aliphatic carbocycles. The maximum Gasteiger partial charge on any atom is 0.260 e. The fraction of sp³-hybridized carbons (Fsp3) is 0.480. The first kappa shape index (κ1) is 22.8. The summed E-state index contributed by atoms with van der Waals surface area (Å²) in [5, 5.41) is 2.88. The lowest BCUT2D eigenvalue weighted by Crippen LogP contribution is -2.38. The Bertz CT molecular complexity index is 804. The Labute approximate surface area is 175 Å². The van der Waals surface area contributed by atoms with Gasteiger partial charge in [-0.05, 0) is 60.1 Å². The minimum Gasteiger partial charge on any atom is -0.492 e. The van der Waals surface area contributed by atoms with Gasteiger partial charge in [-0.2, -0.15) is 0 Å². The third kappa shape index (κ3) is 6.81. The number of benzene rings is 2. The van der Waals surface area contributed by atoms with Gasteiger partial charge in [0.05, 0.1) is 6.54 Å². The second kappa shape index (κ2) is 9.82. The minimum atomic E-state index is -0.569. The van der Waals surface area contributed by atoms with E-state index in [1.807, 2.05) is 25.1 Å². The van der Waals surface area contributed by atoms with Gasteiger partial charge in [0, 0.05) is 0 Å². The molecule has 29 heavy (non-hydrogen) atoms. The number of aryl methyl sites for hydroxylation is 1. The highest BCUT2D eigenvalue weighted by atomic mass is 16.5. The molecule has 0 saturated carbocycles. The standard InChI is InChI=1S/C25H35NO3/c1-17(2)22-13-8-18(3)16-23(22)29-19(4)24(27)26-14-15-28-21-11-9-20(10-12-21)25(5,6)7/h8-13,16-17,19H,14-15H2,1-7H3,(H,26,27)/t19-/m0/s1. The van der Waals surface area contributed by atoms with Crippen molar-refractivity contribution in [3.8, 4) is 11.5 Å². The van der Waals surface area contributed by atoms with Crippen molar-refractivity contribution >= 4 is 5.91 Å². The zero-order valence-electron chi connectivity index (χ0n) is 18.8. The summed E-state index contributed by atoms with van der Waals surface area (Å²) in [6.45, 7) is 15.4. The van der Waals surface area contributed by atoms with Crippen LogP contribution in [0.25, 0.3) is 0 Å². The van der Waals surface area contributed by atoms with Gasteiger partial charge in [0.2, 0.25) is 0 Å². The summed E-state index contributed by atoms with van der Waals surface area (Å²) in [6.07, 6.45) is -0.569. The summed E-state index contributed by atoms with van der Waals surface area (Å²) in [5.41, 5.74) is 3.61. The lowest BCUT2D eigenvalue weighted by Gasteiger charge is -2.20. The molecule has 0 aliphatic rings. The van der Waals surface area contributed by atoms with Crippen molar-refractivity contribution in [1.29, 1.82) is 0 Å². The molecule has 0 spiro atoms. The first-order valence-corrected chi connectivity index (χ1v) is 10.4. The van der Waals surface area contributed by atoms with Gasteiger partial charge < -0.3 is 14.8 Å². The fourth-order valence-electron chi connectivity index (χ4n) is 3.00. The quantitative estimate of drug-likeness (QED) is 0.609. The highest BCUT2D eigenvalue weighted by molar-refractivity contribution is 5.80. The first-order chi connectivity index (χ1) is 13.6. The molecule has 1 atom stereocenters. The van der Waals surface area contributed by atoms with Crippen molar-refractivity contribution in [3.63, 3.8) is 0 Å². The average Bonchev–Trinajstić information content (AvgIpc) is 2.64. The average molecular weight is 398 g/mol. The van der Waals surface area contributed by atoms with E-state index in [9.17, 15) is 4.79 Å². The zero-order chi connectivity index (χ0) is 21.6. The molecule has 1 N–H and O–H groups in total. The lowest BCUT2D eigenvalue weighted by atomic mass is 9.87. The molecule has 0 radical (unpaired) electrons. The van der Waals surface area contributed by atoms with Crippen molar-refractivity contribution < 1.29 is 14.3 Å². The Morgan fingerprint density at radius 1 is 1.03 bits per heavy atom. The number of ether oxygens (including phenoxy) is 2. The van der Waals surface area contributed by atoms with Crippen LogP contribution in [0.5, 0.6) is 11.5 Å². The number of nitrogens with one attached hydrogen (secondary N) is 1. The molecule has 1 amide bonds. The molecule has 2 rings (SSSR count). The molecule has 4 nitrogen and oxygen atoms in total. The summed E-state index contributed by atoms with van der Waals surface area (Å²) in [5.74, 6) is 1.77. The van der Waals surface area contributed by atoms with Gasteiger partial charge in [-0.15, -0.1) is 0 Å². The van der Waals surface area contributed by atoms with E-state index in [1.165, 1.54) is 5.56 Å². The molecule has 2 aromatic carbocycles. The third-order valence-electron chi connectivity index (χ3n) is 4.85. The van der Waals surface area contributed by atoms with Crippen LogP contribution in [0.1, 0.15) is 64.2 Å². The van der Waals surface area contributed by atoms with E-state index in [0.717, 1.165) is 22.6 Å². The van der Waals surface area contributed by atoms with E-state index in [-0.39, 0.29) is 11.3 Å². The van der Waals surface area contributed by atoms with Gasteiger partial charge in [-0.25, -0.2) is 0 Å². The molecule has 0 bridgehead atoms. The first-order valence-electron chi connectivity index (χ1n) is 10.4. The number of amides is 1. The molecule has 0 saturated heterocycles. The van der Waals surface area contributed by atoms with Crippen molar-refractivity contribution in [2.24, 2.45) is 0 Å². The predicted molar refractivity (Wildman–Crippen MR) is 119 cm³/mol. The number of rotatable bonds is 8. The SMILES string of the molecule is Cc1ccc(C(C)C)c(O[C@@H](C)C(=O)NCCOc2ccc(C(C)(C)C)cc2)c1. The molecule has 0 fully saturated rings. The van der Waals surface area contributed by atoms with Crippen LogP contribution in [0.15, 0.2) is 42.5 Å². The lowest BCUT2D eigenvalue weighted by molar-refractivity contribution is -0.127. The van der Waals surface area contributed by atoms with Gasteiger partial charge in [0.15, 0.2) is 6.10 Å². The summed E-state index contributed by atoms with van der Waals surface area (Å²) < 4.78 is 11.7. The van der Waals surface area contributed by atoms with Crippen LogP contribution in [0.2, 0.25) is 0 Å². The predicted octanol–water partition coefficient (Wildman–Crippen LogP) is 5.38. The van der Waals surface area contributed by atoms with Crippen LogP contribution >= 0.6 is 0 Å². The normalized spacial score (nSPS) is 12.6. The number of carbonyl (C=O) groups excluding carboxylic acids is 1. The van der Waals surface area contributed by atoms with E-state index in [0.29, 0.717) is 19.1 Å². The Kier molecular flexibility index (Phi) is 7.72. The number of hydrogen-bond donors (Lipinski definition) is 1. The molecule has 0 heterocycles. The number of hydrogen-bond acceptors (Lipinski definition) is 3. The highest BCUT2D eigenvalue weighted by Gasteiger charge is 2.17. The van der Waals surface area contributed by atoms with Crippen LogP contribution in [-0.4, -0.2) is 25.2 Å². The van der Waals surface area contributed by atoms with Crippen molar-refractivity contribution in [3.05, 3.63) is 59.2 Å². The Morgan fingerprint density at radius 2 is 1.69 bits per heavy atom. The van der Waals surface area contributed by atoms with Crippen molar-refractivity contribution in [1.82, 2.24) is 5.32 Å². The van der Waals surface area contributed by atoms with E-state index in [4.69, 9.17) is 9.47 Å². The van der Waals surface area contributed by atoms with Crippen LogP contribution < -0.4 is 14.8 Å². The van der Waals surface area contributed by atoms with Gasteiger partial charge in [-0.3, -0.25) is 4.79 Å². The molecular formula is C25H35NO3. The molecule has 0 aromatic heterocycles. The van der Waals surface area contributed by atoms with Crippen molar-refractivity contribution in [2.45, 2.75) is 65.9 Å².